The summed E-state index contributed by atoms with van der Waals surface area (Å²) in [7, 11) is 0. The number of hydrogen-bond acceptors (Lipinski definition) is 9. The Morgan fingerprint density at radius 3 is 1.97 bits per heavy atom. The normalized spacial score (nSPS) is 26.9. The van der Waals surface area contributed by atoms with Gasteiger partial charge in [-0.1, -0.05) is 34.8 Å². The highest BCUT2D eigenvalue weighted by molar-refractivity contribution is 6.76. The SMILES string of the molecule is CCO[C@H]1O[C@H](COC(C)=O)[C@@H](OC(C)=O)[C@@H](OC(C)=O)[C@@H]1NC(=O)C(Cl)(Cl)Cl. The minimum Gasteiger partial charge on any atom is -0.463 e. The zero-order valence-corrected chi connectivity index (χ0v) is 18.4. The number of hydrogen-bond donors (Lipinski definition) is 1. The summed E-state index contributed by atoms with van der Waals surface area (Å²) in [4.78, 5) is 46.7. The fraction of sp³-hybridized carbons (Fsp3) is 0.750. The quantitative estimate of drug-likeness (QED) is 0.324. The van der Waals surface area contributed by atoms with E-state index in [9.17, 15) is 19.2 Å². The molecule has 1 fully saturated rings. The lowest BCUT2D eigenvalue weighted by atomic mass is 9.96. The van der Waals surface area contributed by atoms with Gasteiger partial charge in [-0.25, -0.2) is 0 Å². The highest BCUT2D eigenvalue weighted by Gasteiger charge is 2.52. The predicted molar refractivity (Wildman–Crippen MR) is 100 cm³/mol. The van der Waals surface area contributed by atoms with Crippen LogP contribution < -0.4 is 5.32 Å². The summed E-state index contributed by atoms with van der Waals surface area (Å²) in [6.07, 6.45) is -4.82. The van der Waals surface area contributed by atoms with Crippen molar-refractivity contribution in [2.45, 2.75) is 62.1 Å². The molecule has 10 nitrogen and oxygen atoms in total. The summed E-state index contributed by atoms with van der Waals surface area (Å²) in [5, 5.41) is 2.38. The van der Waals surface area contributed by atoms with Crippen LogP contribution in [-0.4, -0.2) is 71.5 Å². The van der Waals surface area contributed by atoms with Gasteiger partial charge in [0.25, 0.3) is 9.70 Å². The molecule has 0 radical (unpaired) electrons. The van der Waals surface area contributed by atoms with E-state index in [1.54, 1.807) is 6.92 Å². The van der Waals surface area contributed by atoms with Crippen LogP contribution in [0.4, 0.5) is 0 Å². The number of alkyl halides is 3. The van der Waals surface area contributed by atoms with E-state index in [1.807, 2.05) is 0 Å². The van der Waals surface area contributed by atoms with Gasteiger partial charge >= 0.3 is 17.9 Å². The van der Waals surface area contributed by atoms with E-state index >= 15 is 0 Å². The predicted octanol–water partition coefficient (Wildman–Crippen LogP) is 1.03. The first-order valence-electron chi connectivity index (χ1n) is 8.49. The molecule has 0 saturated carbocycles. The average molecular weight is 479 g/mol. The molecule has 0 aromatic carbocycles. The van der Waals surface area contributed by atoms with Crippen LogP contribution in [0.3, 0.4) is 0 Å². The molecule has 13 heteroatoms. The summed E-state index contributed by atoms with van der Waals surface area (Å²) in [6, 6.07) is -1.21. The standard InChI is InChI=1S/C16H22Cl3NO9/c1-5-25-14-11(20-15(24)16(17,18)19)13(28-9(4)23)12(27-8(3)22)10(29-14)6-26-7(2)21/h10-14H,5-6H2,1-4H3,(H,20,24)/t10-,11+,12-,13+,14+/m1/s1. The Bertz CT molecular complexity index is 625. The van der Waals surface area contributed by atoms with Crippen molar-refractivity contribution in [1.29, 1.82) is 0 Å². The molecular formula is C16H22Cl3NO9. The third kappa shape index (κ3) is 8.13. The number of nitrogens with one attached hydrogen (secondary N) is 1. The number of amides is 1. The molecule has 5 atom stereocenters. The van der Waals surface area contributed by atoms with E-state index in [0.29, 0.717) is 0 Å². The van der Waals surface area contributed by atoms with Crippen LogP contribution in [0.15, 0.2) is 0 Å². The van der Waals surface area contributed by atoms with Crippen molar-refractivity contribution in [2.75, 3.05) is 13.2 Å². The van der Waals surface area contributed by atoms with Gasteiger partial charge in [0.15, 0.2) is 18.5 Å². The van der Waals surface area contributed by atoms with Gasteiger partial charge in [0.2, 0.25) is 0 Å². The minimum absolute atomic E-state index is 0.135. The first-order chi connectivity index (χ1) is 13.4. The lowest BCUT2D eigenvalue weighted by molar-refractivity contribution is -0.276. The van der Waals surface area contributed by atoms with Crippen molar-refractivity contribution in [3.8, 4) is 0 Å². The highest BCUT2D eigenvalue weighted by Crippen LogP contribution is 2.31. The Kier molecular flexibility index (Phi) is 9.90. The summed E-state index contributed by atoms with van der Waals surface area (Å²) in [5.74, 6) is -3.13. The van der Waals surface area contributed by atoms with Crippen molar-refractivity contribution in [3.05, 3.63) is 0 Å². The molecule has 1 heterocycles. The Balaban J connectivity index is 3.31. The minimum atomic E-state index is -2.33. The van der Waals surface area contributed by atoms with Crippen molar-refractivity contribution in [1.82, 2.24) is 5.32 Å². The summed E-state index contributed by atoms with van der Waals surface area (Å²) < 4.78 is 24.3. The molecule has 0 spiro atoms. The first kappa shape index (κ1) is 25.7. The lowest BCUT2D eigenvalue weighted by Gasteiger charge is -2.45. The zero-order chi connectivity index (χ0) is 22.4. The number of esters is 3. The number of ether oxygens (including phenoxy) is 5. The summed E-state index contributed by atoms with van der Waals surface area (Å²) >= 11 is 16.8. The van der Waals surface area contributed by atoms with Crippen molar-refractivity contribution in [2.24, 2.45) is 0 Å². The van der Waals surface area contributed by atoms with Crippen LogP contribution in [0.2, 0.25) is 0 Å². The second-order valence-electron chi connectivity index (χ2n) is 5.95. The Morgan fingerprint density at radius 1 is 0.966 bits per heavy atom. The molecule has 166 valence electrons. The van der Waals surface area contributed by atoms with E-state index in [4.69, 9.17) is 58.5 Å². The molecular weight excluding hydrogens is 457 g/mol. The number of carbonyl (C=O) groups excluding carboxylic acids is 4. The van der Waals surface area contributed by atoms with Gasteiger partial charge in [-0.3, -0.25) is 19.2 Å². The van der Waals surface area contributed by atoms with Crippen LogP contribution in [0, 0.1) is 0 Å². The smallest absolute Gasteiger partial charge is 0.303 e. The van der Waals surface area contributed by atoms with E-state index in [1.165, 1.54) is 6.92 Å². The van der Waals surface area contributed by atoms with Crippen LogP contribution >= 0.6 is 34.8 Å². The molecule has 1 saturated heterocycles. The average Bonchev–Trinajstić information content (AvgIpc) is 2.56. The van der Waals surface area contributed by atoms with E-state index < -0.39 is 58.3 Å². The fourth-order valence-electron chi connectivity index (χ4n) is 2.60. The van der Waals surface area contributed by atoms with Crippen molar-refractivity contribution >= 4 is 58.6 Å². The Labute approximate surface area is 182 Å². The molecule has 1 aliphatic heterocycles. The topological polar surface area (TPSA) is 126 Å². The largest absolute Gasteiger partial charge is 0.463 e. The Morgan fingerprint density at radius 2 is 1.52 bits per heavy atom. The monoisotopic (exact) mass is 477 g/mol. The molecule has 0 unspecified atom stereocenters. The molecule has 1 aliphatic rings. The number of halogens is 3. The molecule has 0 bridgehead atoms. The molecule has 0 aromatic heterocycles. The molecule has 0 aromatic rings. The lowest BCUT2D eigenvalue weighted by Crippen LogP contribution is -2.67. The second kappa shape index (κ2) is 11.2. The molecule has 1 amide bonds. The fourth-order valence-corrected chi connectivity index (χ4v) is 2.76. The zero-order valence-electron chi connectivity index (χ0n) is 16.1. The van der Waals surface area contributed by atoms with Crippen molar-refractivity contribution < 1.29 is 42.9 Å². The van der Waals surface area contributed by atoms with E-state index in [0.717, 1.165) is 13.8 Å². The molecule has 1 N–H and O–H groups in total. The highest BCUT2D eigenvalue weighted by atomic mass is 35.6. The second-order valence-corrected chi connectivity index (χ2v) is 8.23. The maximum absolute atomic E-state index is 12.2. The van der Waals surface area contributed by atoms with Gasteiger partial charge in [-0.2, -0.15) is 0 Å². The third-order valence-corrected chi connectivity index (χ3v) is 4.10. The van der Waals surface area contributed by atoms with Gasteiger partial charge in [-0.05, 0) is 6.92 Å². The number of carbonyl (C=O) groups is 4. The van der Waals surface area contributed by atoms with Crippen LogP contribution in [0.1, 0.15) is 27.7 Å². The summed E-state index contributed by atoms with van der Waals surface area (Å²) in [5.41, 5.74) is 0. The van der Waals surface area contributed by atoms with Gasteiger partial charge < -0.3 is 29.0 Å². The molecule has 0 aliphatic carbocycles. The van der Waals surface area contributed by atoms with Gasteiger partial charge in [0, 0.05) is 27.4 Å². The van der Waals surface area contributed by atoms with E-state index in [2.05, 4.69) is 5.32 Å². The number of rotatable bonds is 7. The van der Waals surface area contributed by atoms with E-state index in [-0.39, 0.29) is 13.2 Å². The van der Waals surface area contributed by atoms with Gasteiger partial charge in [0.05, 0.1) is 0 Å². The Hall–Kier alpha value is -1.33. The summed E-state index contributed by atoms with van der Waals surface area (Å²) in [6.45, 7) is 4.87. The van der Waals surface area contributed by atoms with Gasteiger partial charge in [-0.15, -0.1) is 0 Å². The van der Waals surface area contributed by atoms with Crippen LogP contribution in [0.5, 0.6) is 0 Å². The van der Waals surface area contributed by atoms with Gasteiger partial charge in [0.1, 0.15) is 18.8 Å². The van der Waals surface area contributed by atoms with Crippen LogP contribution in [0.25, 0.3) is 0 Å². The molecule has 1 rings (SSSR count). The maximum atomic E-state index is 12.2. The third-order valence-electron chi connectivity index (χ3n) is 3.59. The van der Waals surface area contributed by atoms with Crippen LogP contribution in [-0.2, 0) is 42.9 Å². The van der Waals surface area contributed by atoms with Crippen molar-refractivity contribution in [3.63, 3.8) is 0 Å². The molecule has 29 heavy (non-hydrogen) atoms. The maximum Gasteiger partial charge on any atom is 0.303 e. The first-order valence-corrected chi connectivity index (χ1v) is 9.62.